The summed E-state index contributed by atoms with van der Waals surface area (Å²) in [6.07, 6.45) is 2.65. The van der Waals surface area contributed by atoms with Crippen LogP contribution in [0.25, 0.3) is 0 Å². The second-order valence-electron chi connectivity index (χ2n) is 3.77. The Labute approximate surface area is 97.2 Å². The van der Waals surface area contributed by atoms with Gasteiger partial charge in [-0.2, -0.15) is 0 Å². The molecule has 1 unspecified atom stereocenters. The Morgan fingerprint density at radius 1 is 1.44 bits per heavy atom. The van der Waals surface area contributed by atoms with Crippen LogP contribution in [0.4, 0.5) is 0 Å². The monoisotopic (exact) mass is 230 g/mol. The zero-order valence-electron chi connectivity index (χ0n) is 10.2. The van der Waals surface area contributed by atoms with Crippen LogP contribution < -0.4 is 0 Å². The highest BCUT2D eigenvalue weighted by molar-refractivity contribution is 5.87. The summed E-state index contributed by atoms with van der Waals surface area (Å²) in [5.74, 6) is -0.490. The van der Waals surface area contributed by atoms with Crippen molar-refractivity contribution in [3.8, 4) is 0 Å². The van der Waals surface area contributed by atoms with Gasteiger partial charge in [-0.15, -0.1) is 0 Å². The van der Waals surface area contributed by atoms with Crippen LogP contribution in [-0.4, -0.2) is 37.0 Å². The number of aliphatic hydroxyl groups excluding tert-OH is 1. The highest BCUT2D eigenvalue weighted by atomic mass is 16.6. The van der Waals surface area contributed by atoms with Gasteiger partial charge in [0.1, 0.15) is 6.10 Å². The van der Waals surface area contributed by atoms with Crippen molar-refractivity contribution in [3.63, 3.8) is 0 Å². The zero-order valence-corrected chi connectivity index (χ0v) is 10.2. The molecule has 0 bridgehead atoms. The first-order valence-electron chi connectivity index (χ1n) is 5.66. The molecule has 0 saturated carbocycles. The molecule has 1 N–H and O–H groups in total. The van der Waals surface area contributed by atoms with E-state index < -0.39 is 12.1 Å². The molecule has 16 heavy (non-hydrogen) atoms. The molecule has 4 heteroatoms. The van der Waals surface area contributed by atoms with Crippen molar-refractivity contribution in [2.24, 2.45) is 0 Å². The summed E-state index contributed by atoms with van der Waals surface area (Å²) in [7, 11) is 0. The topological polar surface area (TPSA) is 55.8 Å². The number of carbonyl (C=O) groups is 1. The number of aliphatic hydroxyl groups is 1. The Kier molecular flexibility index (Phi) is 8.85. The molecule has 4 nitrogen and oxygen atoms in total. The third kappa shape index (κ3) is 7.43. The van der Waals surface area contributed by atoms with Crippen LogP contribution in [0.15, 0.2) is 12.2 Å². The highest BCUT2D eigenvalue weighted by Crippen LogP contribution is 2.01. The number of hydrogen-bond donors (Lipinski definition) is 1. The first-order valence-corrected chi connectivity index (χ1v) is 5.66. The Morgan fingerprint density at radius 3 is 2.62 bits per heavy atom. The summed E-state index contributed by atoms with van der Waals surface area (Å²) in [6, 6.07) is 0. The van der Waals surface area contributed by atoms with Gasteiger partial charge in [0.25, 0.3) is 0 Å². The molecule has 1 atom stereocenters. The number of hydrogen-bond acceptors (Lipinski definition) is 4. The van der Waals surface area contributed by atoms with Crippen LogP contribution >= 0.6 is 0 Å². The van der Waals surface area contributed by atoms with Crippen LogP contribution in [0, 0.1) is 0 Å². The molecule has 0 aliphatic heterocycles. The van der Waals surface area contributed by atoms with Gasteiger partial charge >= 0.3 is 5.97 Å². The smallest absolute Gasteiger partial charge is 0.333 e. The Morgan fingerprint density at radius 2 is 2.12 bits per heavy atom. The van der Waals surface area contributed by atoms with E-state index in [9.17, 15) is 4.79 Å². The van der Waals surface area contributed by atoms with Crippen LogP contribution in [0.2, 0.25) is 0 Å². The van der Waals surface area contributed by atoms with Gasteiger partial charge in [0.05, 0.1) is 13.2 Å². The average Bonchev–Trinajstić information content (AvgIpc) is 2.26. The van der Waals surface area contributed by atoms with Crippen LogP contribution in [0.5, 0.6) is 0 Å². The standard InChI is InChI=1S/C12H22O4/c1-4-5-6-7-15-9-11(8-13)16-12(14)10(2)3/h11,13H,2,4-9H2,1,3H3. The normalized spacial score (nSPS) is 12.2. The minimum absolute atomic E-state index is 0.229. The third-order valence-electron chi connectivity index (χ3n) is 2.02. The summed E-state index contributed by atoms with van der Waals surface area (Å²) < 4.78 is 10.3. The summed E-state index contributed by atoms with van der Waals surface area (Å²) in [6.45, 7) is 7.79. The summed E-state index contributed by atoms with van der Waals surface area (Å²) in [4.78, 5) is 11.2. The average molecular weight is 230 g/mol. The molecular weight excluding hydrogens is 208 g/mol. The number of ether oxygens (including phenoxy) is 2. The van der Waals surface area contributed by atoms with Crippen LogP contribution in [0.3, 0.4) is 0 Å². The van der Waals surface area contributed by atoms with Gasteiger partial charge in [-0.25, -0.2) is 4.79 Å². The first kappa shape index (κ1) is 15.1. The SMILES string of the molecule is C=C(C)C(=O)OC(CO)COCCCCC. The molecule has 0 aromatic carbocycles. The molecule has 0 aliphatic rings. The summed E-state index contributed by atoms with van der Waals surface area (Å²) in [5, 5.41) is 8.97. The fourth-order valence-electron chi connectivity index (χ4n) is 1.04. The molecule has 0 rings (SSSR count). The second kappa shape index (κ2) is 9.36. The van der Waals surface area contributed by atoms with Gasteiger partial charge in [-0.1, -0.05) is 26.3 Å². The predicted molar refractivity (Wildman–Crippen MR) is 62.1 cm³/mol. The maximum Gasteiger partial charge on any atom is 0.333 e. The van der Waals surface area contributed by atoms with E-state index in [0.717, 1.165) is 19.3 Å². The molecule has 0 fully saturated rings. The molecule has 0 aliphatic carbocycles. The largest absolute Gasteiger partial charge is 0.454 e. The van der Waals surface area contributed by atoms with Crippen LogP contribution in [0.1, 0.15) is 33.1 Å². The van der Waals surface area contributed by atoms with Crippen molar-refractivity contribution in [2.75, 3.05) is 19.8 Å². The molecule has 0 spiro atoms. The van der Waals surface area contributed by atoms with E-state index >= 15 is 0 Å². The molecule has 94 valence electrons. The molecule has 0 aromatic rings. The Hall–Kier alpha value is -0.870. The van der Waals surface area contributed by atoms with Gasteiger partial charge in [0, 0.05) is 12.2 Å². The summed E-state index contributed by atoms with van der Waals surface area (Å²) in [5.41, 5.74) is 0.324. The lowest BCUT2D eigenvalue weighted by atomic mass is 10.3. The van der Waals surface area contributed by atoms with Crippen molar-refractivity contribution in [3.05, 3.63) is 12.2 Å². The van der Waals surface area contributed by atoms with Crippen molar-refractivity contribution < 1.29 is 19.4 Å². The van der Waals surface area contributed by atoms with E-state index in [-0.39, 0.29) is 13.2 Å². The molecule has 0 aromatic heterocycles. The second-order valence-corrected chi connectivity index (χ2v) is 3.77. The molecule has 0 amide bonds. The molecule has 0 saturated heterocycles. The number of rotatable bonds is 9. The van der Waals surface area contributed by atoms with E-state index in [1.165, 1.54) is 0 Å². The fraction of sp³-hybridized carbons (Fsp3) is 0.750. The Balaban J connectivity index is 3.67. The first-order chi connectivity index (χ1) is 7.61. The van der Waals surface area contributed by atoms with Crippen molar-refractivity contribution >= 4 is 5.97 Å². The highest BCUT2D eigenvalue weighted by Gasteiger charge is 2.13. The van der Waals surface area contributed by atoms with E-state index in [4.69, 9.17) is 14.6 Å². The fourth-order valence-corrected chi connectivity index (χ4v) is 1.04. The van der Waals surface area contributed by atoms with Crippen molar-refractivity contribution in [1.29, 1.82) is 0 Å². The molecule has 0 heterocycles. The Bertz CT molecular complexity index is 213. The third-order valence-corrected chi connectivity index (χ3v) is 2.02. The number of unbranched alkanes of at least 4 members (excludes halogenated alkanes) is 2. The maximum absolute atomic E-state index is 11.2. The van der Waals surface area contributed by atoms with Crippen molar-refractivity contribution in [2.45, 2.75) is 39.2 Å². The van der Waals surface area contributed by atoms with Gasteiger partial charge in [0.2, 0.25) is 0 Å². The van der Waals surface area contributed by atoms with Gasteiger partial charge < -0.3 is 14.6 Å². The lowest BCUT2D eigenvalue weighted by Gasteiger charge is -2.15. The van der Waals surface area contributed by atoms with Crippen LogP contribution in [-0.2, 0) is 14.3 Å². The minimum atomic E-state index is -0.592. The number of esters is 1. The van der Waals surface area contributed by atoms with Gasteiger partial charge in [-0.05, 0) is 13.3 Å². The summed E-state index contributed by atoms with van der Waals surface area (Å²) >= 11 is 0. The minimum Gasteiger partial charge on any atom is -0.454 e. The van der Waals surface area contributed by atoms with E-state index in [1.54, 1.807) is 6.92 Å². The lowest BCUT2D eigenvalue weighted by molar-refractivity contribution is -0.149. The maximum atomic E-state index is 11.2. The lowest BCUT2D eigenvalue weighted by Crippen LogP contribution is -2.27. The molecular formula is C12H22O4. The quantitative estimate of drug-likeness (QED) is 0.372. The zero-order chi connectivity index (χ0) is 12.4. The van der Waals surface area contributed by atoms with E-state index in [1.807, 2.05) is 0 Å². The number of carbonyl (C=O) groups excluding carboxylic acids is 1. The van der Waals surface area contributed by atoms with Gasteiger partial charge in [-0.3, -0.25) is 0 Å². The van der Waals surface area contributed by atoms with Crippen molar-refractivity contribution in [1.82, 2.24) is 0 Å². The predicted octanol–water partition coefficient (Wildman–Crippen LogP) is 1.67. The van der Waals surface area contributed by atoms with E-state index in [0.29, 0.717) is 12.2 Å². The molecule has 0 radical (unpaired) electrons. The van der Waals surface area contributed by atoms with E-state index in [2.05, 4.69) is 13.5 Å². The van der Waals surface area contributed by atoms with Gasteiger partial charge in [0.15, 0.2) is 0 Å².